The number of rotatable bonds is 3. The van der Waals surface area contributed by atoms with Gasteiger partial charge >= 0.3 is 5.75 Å². The van der Waals surface area contributed by atoms with Crippen LogP contribution in [0, 0.1) is 12.7 Å². The van der Waals surface area contributed by atoms with Crippen molar-refractivity contribution in [2.75, 3.05) is 0 Å². The van der Waals surface area contributed by atoms with Crippen LogP contribution in [0.1, 0.15) is 11.1 Å². The van der Waals surface area contributed by atoms with Gasteiger partial charge in [0.15, 0.2) is 0 Å². The van der Waals surface area contributed by atoms with Gasteiger partial charge in [-0.05, 0) is 30.2 Å². The minimum atomic E-state index is -0.873. The molecule has 0 N–H and O–H groups in total. The van der Waals surface area contributed by atoms with Crippen molar-refractivity contribution in [1.29, 1.82) is 0 Å². The van der Waals surface area contributed by atoms with Crippen molar-refractivity contribution in [3.63, 3.8) is 0 Å². The Labute approximate surface area is 86.7 Å². The fourth-order valence-electron chi connectivity index (χ4n) is 0.948. The molecule has 0 heterocycles. The van der Waals surface area contributed by atoms with Gasteiger partial charge in [-0.15, -0.1) is 22.9 Å². The summed E-state index contributed by atoms with van der Waals surface area (Å²) in [5.41, 5.74) is 1.71. The Morgan fingerprint density at radius 1 is 1.46 bits per heavy atom. The predicted octanol–water partition coefficient (Wildman–Crippen LogP) is 3.11. The molecule has 5 heteroatoms. The van der Waals surface area contributed by atoms with Crippen LogP contribution in [-0.2, 0) is 11.3 Å². The van der Waals surface area contributed by atoms with Crippen LogP contribution in [0.5, 0.6) is 0 Å². The summed E-state index contributed by atoms with van der Waals surface area (Å²) in [7, 11) is 0. The maximum atomic E-state index is 12.8. The highest BCUT2D eigenvalue weighted by Crippen LogP contribution is 2.12. The van der Waals surface area contributed by atoms with Crippen LogP contribution >= 0.6 is 22.9 Å². The van der Waals surface area contributed by atoms with Gasteiger partial charge in [-0.2, -0.15) is 0 Å². The van der Waals surface area contributed by atoms with E-state index in [0.717, 1.165) is 11.1 Å². The third kappa shape index (κ3) is 3.55. The summed E-state index contributed by atoms with van der Waals surface area (Å²) in [4.78, 5) is 0. The fraction of sp³-hybridized carbons (Fsp3) is 0.250. The molecule has 13 heavy (non-hydrogen) atoms. The van der Waals surface area contributed by atoms with Crippen LogP contribution in [0.3, 0.4) is 0 Å². The monoisotopic (exact) mass is 220 g/mol. The zero-order chi connectivity index (χ0) is 9.84. The lowest BCUT2D eigenvalue weighted by Crippen LogP contribution is -2.03. The molecule has 1 aromatic carbocycles. The summed E-state index contributed by atoms with van der Waals surface area (Å²) >= 11 is 10.7. The summed E-state index contributed by atoms with van der Waals surface area (Å²) in [5, 5.41) is 0. The Bertz CT molecular complexity index is 293. The van der Waals surface area contributed by atoms with Crippen LogP contribution in [-0.4, -0.2) is 5.75 Å². The first-order valence-corrected chi connectivity index (χ1v) is 4.61. The Morgan fingerprint density at radius 2 is 2.15 bits per heavy atom. The number of benzene rings is 1. The lowest BCUT2D eigenvalue weighted by molar-refractivity contribution is 0.327. The quantitative estimate of drug-likeness (QED) is 0.712. The van der Waals surface area contributed by atoms with Crippen LogP contribution in [0.2, 0.25) is 0 Å². The van der Waals surface area contributed by atoms with Crippen LogP contribution in [0.4, 0.5) is 4.39 Å². The van der Waals surface area contributed by atoms with Gasteiger partial charge in [-0.3, -0.25) is 0 Å². The van der Waals surface area contributed by atoms with Gasteiger partial charge in [0.05, 0.1) is 6.61 Å². The van der Waals surface area contributed by atoms with Gasteiger partial charge in [0.25, 0.3) is 0 Å². The first-order chi connectivity index (χ1) is 6.09. The Balaban J connectivity index is 2.70. The van der Waals surface area contributed by atoms with Gasteiger partial charge in [-0.25, -0.2) is 4.39 Å². The molecular formula is C8H8BCl2FO. The highest BCUT2D eigenvalue weighted by Gasteiger charge is 2.08. The summed E-state index contributed by atoms with van der Waals surface area (Å²) in [5.74, 6) is -1.16. The van der Waals surface area contributed by atoms with E-state index in [1.807, 2.05) is 6.92 Å². The van der Waals surface area contributed by atoms with E-state index < -0.39 is 5.75 Å². The van der Waals surface area contributed by atoms with Gasteiger partial charge in [0.2, 0.25) is 0 Å². The Morgan fingerprint density at radius 3 is 2.77 bits per heavy atom. The number of hydrogen-bond acceptors (Lipinski definition) is 1. The van der Waals surface area contributed by atoms with Crippen molar-refractivity contribution < 1.29 is 9.04 Å². The van der Waals surface area contributed by atoms with Gasteiger partial charge in [-0.1, -0.05) is 6.07 Å². The molecule has 0 unspecified atom stereocenters. The zero-order valence-corrected chi connectivity index (χ0v) is 8.57. The molecule has 70 valence electrons. The largest absolute Gasteiger partial charge is 0.508 e. The average molecular weight is 221 g/mol. The third-order valence-corrected chi connectivity index (χ3v) is 1.93. The Hall–Kier alpha value is -0.245. The molecule has 0 atom stereocenters. The molecule has 0 amide bonds. The molecule has 0 aliphatic rings. The van der Waals surface area contributed by atoms with E-state index in [-0.39, 0.29) is 12.4 Å². The maximum absolute atomic E-state index is 12.8. The lowest BCUT2D eigenvalue weighted by atomic mass is 10.1. The third-order valence-electron chi connectivity index (χ3n) is 1.68. The smallest absolute Gasteiger partial charge is 0.405 e. The molecule has 0 saturated heterocycles. The van der Waals surface area contributed by atoms with E-state index in [1.165, 1.54) is 12.1 Å². The minimum absolute atomic E-state index is 0.223. The minimum Gasteiger partial charge on any atom is -0.405 e. The van der Waals surface area contributed by atoms with Crippen LogP contribution in [0.25, 0.3) is 0 Å². The van der Waals surface area contributed by atoms with E-state index in [0.29, 0.717) is 0 Å². The molecule has 0 aliphatic carbocycles. The van der Waals surface area contributed by atoms with Gasteiger partial charge < -0.3 is 4.65 Å². The summed E-state index contributed by atoms with van der Waals surface area (Å²) < 4.78 is 17.7. The highest BCUT2D eigenvalue weighted by molar-refractivity contribution is 7.30. The molecule has 0 spiro atoms. The Kier molecular flexibility index (Phi) is 4.04. The number of halogens is 3. The summed E-state index contributed by atoms with van der Waals surface area (Å²) in [6.07, 6.45) is 0. The maximum Gasteiger partial charge on any atom is 0.508 e. The molecule has 0 fully saturated rings. The number of aryl methyl sites for hydroxylation is 1. The molecule has 1 aromatic rings. The second-order valence-electron chi connectivity index (χ2n) is 2.64. The standard InChI is InChI=1S/C8H8BCl2FO/c1-6-2-3-8(12)4-7(6)5-13-9(10)11/h2-4H,5H2,1H3. The summed E-state index contributed by atoms with van der Waals surface area (Å²) in [6, 6.07) is 4.49. The van der Waals surface area contributed by atoms with Gasteiger partial charge in [0, 0.05) is 0 Å². The van der Waals surface area contributed by atoms with Crippen molar-refractivity contribution in [2.45, 2.75) is 13.5 Å². The van der Waals surface area contributed by atoms with E-state index in [9.17, 15) is 4.39 Å². The fourth-order valence-corrected chi connectivity index (χ4v) is 1.07. The molecule has 1 rings (SSSR count). The summed E-state index contributed by atoms with van der Waals surface area (Å²) in [6.45, 7) is 2.09. The van der Waals surface area contributed by atoms with Crippen molar-refractivity contribution in [2.24, 2.45) is 0 Å². The van der Waals surface area contributed by atoms with Gasteiger partial charge in [0.1, 0.15) is 5.82 Å². The lowest BCUT2D eigenvalue weighted by Gasteiger charge is -2.06. The predicted molar refractivity (Wildman–Crippen MR) is 53.4 cm³/mol. The number of hydrogen-bond donors (Lipinski definition) is 0. The zero-order valence-electron chi connectivity index (χ0n) is 7.06. The molecule has 0 saturated carbocycles. The first-order valence-electron chi connectivity index (χ1n) is 3.74. The second-order valence-corrected chi connectivity index (χ2v) is 3.66. The SMILES string of the molecule is Cc1ccc(F)cc1COB(Cl)Cl. The van der Waals surface area contributed by atoms with E-state index >= 15 is 0 Å². The second kappa shape index (κ2) is 4.84. The van der Waals surface area contributed by atoms with Crippen molar-refractivity contribution in [3.05, 3.63) is 35.1 Å². The van der Waals surface area contributed by atoms with Crippen molar-refractivity contribution >= 4 is 28.7 Å². The molecule has 0 bridgehead atoms. The van der Waals surface area contributed by atoms with Crippen LogP contribution in [0.15, 0.2) is 18.2 Å². The first kappa shape index (κ1) is 10.8. The van der Waals surface area contributed by atoms with E-state index in [1.54, 1.807) is 6.07 Å². The highest BCUT2D eigenvalue weighted by atomic mass is 35.5. The molecule has 0 radical (unpaired) electrons. The molecule has 0 aliphatic heterocycles. The van der Waals surface area contributed by atoms with Crippen molar-refractivity contribution in [3.8, 4) is 0 Å². The topological polar surface area (TPSA) is 9.23 Å². The molecular weight excluding hydrogens is 213 g/mol. The van der Waals surface area contributed by atoms with E-state index in [2.05, 4.69) is 0 Å². The molecule has 1 nitrogen and oxygen atoms in total. The van der Waals surface area contributed by atoms with Crippen molar-refractivity contribution in [1.82, 2.24) is 0 Å². The van der Waals surface area contributed by atoms with Crippen LogP contribution < -0.4 is 0 Å². The average Bonchev–Trinajstić information content (AvgIpc) is 2.06. The normalized spacial score (nSPS) is 10.2. The molecule has 0 aromatic heterocycles. The van der Waals surface area contributed by atoms with E-state index in [4.69, 9.17) is 27.6 Å².